The van der Waals surface area contributed by atoms with Gasteiger partial charge in [-0.1, -0.05) is 11.8 Å². The largest absolute Gasteiger partial charge is 0.483 e. The molecule has 0 bridgehead atoms. The molecule has 1 N–H and O–H groups in total. The minimum Gasteiger partial charge on any atom is -0.483 e. The molecule has 1 aromatic heterocycles. The van der Waals surface area contributed by atoms with Crippen LogP contribution in [0.3, 0.4) is 0 Å². The van der Waals surface area contributed by atoms with Crippen molar-refractivity contribution in [3.05, 3.63) is 65.7 Å². The topological polar surface area (TPSA) is 69.0 Å². The van der Waals surface area contributed by atoms with Gasteiger partial charge in [0.15, 0.2) is 17.1 Å². The standard InChI is InChI=1S/C21H21F3N4O2S/c1-12(2)28-20(13(3)30-16-7-4-14(22)5-8-16)26-27-21(28)31-11-19(29)25-18-10-15(23)6-9-17(18)24/h4-10,12-13H,11H2,1-3H3,(H,25,29). The van der Waals surface area contributed by atoms with Gasteiger partial charge in [-0.3, -0.25) is 4.79 Å². The number of nitrogens with zero attached hydrogens (tertiary/aromatic N) is 3. The second kappa shape index (κ2) is 9.86. The van der Waals surface area contributed by atoms with Gasteiger partial charge in [-0.05, 0) is 57.2 Å². The molecule has 3 rings (SSSR count). The summed E-state index contributed by atoms with van der Waals surface area (Å²) in [5, 5.41) is 11.2. The Kier molecular flexibility index (Phi) is 7.21. The lowest BCUT2D eigenvalue weighted by Crippen LogP contribution is -2.17. The Morgan fingerprint density at radius 2 is 1.74 bits per heavy atom. The molecule has 3 aromatic rings. The fourth-order valence-electron chi connectivity index (χ4n) is 2.83. The Morgan fingerprint density at radius 1 is 1.06 bits per heavy atom. The Hall–Kier alpha value is -3.01. The third kappa shape index (κ3) is 5.78. The van der Waals surface area contributed by atoms with Crippen molar-refractivity contribution in [1.82, 2.24) is 14.8 Å². The Labute approximate surface area is 181 Å². The van der Waals surface area contributed by atoms with Crippen molar-refractivity contribution in [3.8, 4) is 5.75 Å². The number of halogens is 3. The van der Waals surface area contributed by atoms with E-state index in [1.54, 1.807) is 6.92 Å². The quantitative estimate of drug-likeness (QED) is 0.481. The molecule has 0 aliphatic carbocycles. The number of thioether (sulfide) groups is 1. The molecule has 0 radical (unpaired) electrons. The Balaban J connectivity index is 1.69. The summed E-state index contributed by atoms with van der Waals surface area (Å²) in [5.41, 5.74) is -0.224. The summed E-state index contributed by atoms with van der Waals surface area (Å²) in [6, 6.07) is 8.45. The molecule has 1 amide bonds. The summed E-state index contributed by atoms with van der Waals surface area (Å²) in [7, 11) is 0. The maximum Gasteiger partial charge on any atom is 0.234 e. The number of nitrogens with one attached hydrogen (secondary N) is 1. The molecule has 164 valence electrons. The number of rotatable bonds is 8. The summed E-state index contributed by atoms with van der Waals surface area (Å²) < 4.78 is 47.7. The molecular weight excluding hydrogens is 429 g/mol. The summed E-state index contributed by atoms with van der Waals surface area (Å²) in [6.45, 7) is 5.66. The predicted octanol–water partition coefficient (Wildman–Crippen LogP) is 5.15. The molecule has 0 aliphatic rings. The molecule has 1 heterocycles. The minimum absolute atomic E-state index is 0.0320. The third-order valence-corrected chi connectivity index (χ3v) is 5.18. The van der Waals surface area contributed by atoms with E-state index in [1.165, 1.54) is 24.3 Å². The number of anilines is 1. The van der Waals surface area contributed by atoms with Gasteiger partial charge in [0.25, 0.3) is 0 Å². The highest BCUT2D eigenvalue weighted by Gasteiger charge is 2.22. The van der Waals surface area contributed by atoms with Crippen LogP contribution in [0.5, 0.6) is 5.75 Å². The molecule has 6 nitrogen and oxygen atoms in total. The molecule has 0 saturated heterocycles. The van der Waals surface area contributed by atoms with Gasteiger partial charge in [0.05, 0.1) is 11.4 Å². The number of carbonyl (C=O) groups is 1. The molecule has 0 fully saturated rings. The second-order valence-corrected chi connectivity index (χ2v) is 7.92. The maximum absolute atomic E-state index is 13.7. The van der Waals surface area contributed by atoms with E-state index in [2.05, 4.69) is 15.5 Å². The molecule has 2 aromatic carbocycles. The van der Waals surface area contributed by atoms with Gasteiger partial charge >= 0.3 is 0 Å². The van der Waals surface area contributed by atoms with E-state index in [0.717, 1.165) is 30.0 Å². The first kappa shape index (κ1) is 22.7. The zero-order chi connectivity index (χ0) is 22.5. The van der Waals surface area contributed by atoms with Crippen molar-refractivity contribution in [2.75, 3.05) is 11.1 Å². The third-order valence-electron chi connectivity index (χ3n) is 4.23. The maximum atomic E-state index is 13.7. The van der Waals surface area contributed by atoms with Gasteiger partial charge in [-0.15, -0.1) is 10.2 Å². The van der Waals surface area contributed by atoms with Crippen LogP contribution in [0.1, 0.15) is 38.7 Å². The molecule has 1 unspecified atom stereocenters. The molecular formula is C21H21F3N4O2S. The minimum atomic E-state index is -0.723. The SMILES string of the molecule is CC(Oc1ccc(F)cc1)c1nnc(SCC(=O)Nc2cc(F)ccc2F)n1C(C)C. The lowest BCUT2D eigenvalue weighted by molar-refractivity contribution is -0.113. The molecule has 31 heavy (non-hydrogen) atoms. The smallest absolute Gasteiger partial charge is 0.234 e. The summed E-state index contributed by atoms with van der Waals surface area (Å²) in [5.74, 6) is -1.29. The van der Waals surface area contributed by atoms with Gasteiger partial charge in [0.1, 0.15) is 23.2 Å². The summed E-state index contributed by atoms with van der Waals surface area (Å²) >= 11 is 1.12. The van der Waals surface area contributed by atoms with Crippen molar-refractivity contribution in [2.24, 2.45) is 0 Å². The van der Waals surface area contributed by atoms with Crippen LogP contribution in [0.25, 0.3) is 0 Å². The second-order valence-electron chi connectivity index (χ2n) is 6.98. The van der Waals surface area contributed by atoms with Gasteiger partial charge in [0.2, 0.25) is 5.91 Å². The average molecular weight is 450 g/mol. The molecule has 10 heteroatoms. The van der Waals surface area contributed by atoms with Crippen molar-refractivity contribution in [2.45, 2.75) is 38.1 Å². The zero-order valence-corrected chi connectivity index (χ0v) is 17.9. The van der Waals surface area contributed by atoms with Gasteiger partial charge in [-0.2, -0.15) is 0 Å². The van der Waals surface area contributed by atoms with Crippen LogP contribution in [0.4, 0.5) is 18.9 Å². The van der Waals surface area contributed by atoms with Crippen LogP contribution >= 0.6 is 11.8 Å². The average Bonchev–Trinajstić information content (AvgIpc) is 3.15. The monoisotopic (exact) mass is 450 g/mol. The number of benzene rings is 2. The van der Waals surface area contributed by atoms with Crippen molar-refractivity contribution < 1.29 is 22.7 Å². The van der Waals surface area contributed by atoms with E-state index in [4.69, 9.17) is 4.74 Å². The zero-order valence-electron chi connectivity index (χ0n) is 17.1. The first-order valence-electron chi connectivity index (χ1n) is 9.49. The van der Waals surface area contributed by atoms with E-state index >= 15 is 0 Å². The first-order chi connectivity index (χ1) is 14.7. The Morgan fingerprint density at radius 3 is 2.42 bits per heavy atom. The van der Waals surface area contributed by atoms with Crippen LogP contribution in [-0.4, -0.2) is 26.4 Å². The van der Waals surface area contributed by atoms with E-state index in [0.29, 0.717) is 16.7 Å². The number of hydrogen-bond donors (Lipinski definition) is 1. The van der Waals surface area contributed by atoms with E-state index < -0.39 is 23.6 Å². The lowest BCUT2D eigenvalue weighted by Gasteiger charge is -2.18. The first-order valence-corrected chi connectivity index (χ1v) is 10.5. The molecule has 1 atom stereocenters. The summed E-state index contributed by atoms with van der Waals surface area (Å²) in [6.07, 6.45) is -0.482. The highest BCUT2D eigenvalue weighted by Crippen LogP contribution is 2.28. The van der Waals surface area contributed by atoms with E-state index in [-0.39, 0.29) is 23.3 Å². The van der Waals surface area contributed by atoms with Crippen LogP contribution in [-0.2, 0) is 4.79 Å². The van der Waals surface area contributed by atoms with Crippen LogP contribution < -0.4 is 10.1 Å². The van der Waals surface area contributed by atoms with Crippen molar-refractivity contribution >= 4 is 23.4 Å². The normalized spacial score (nSPS) is 12.1. The molecule has 0 saturated carbocycles. The van der Waals surface area contributed by atoms with E-state index in [1.807, 2.05) is 18.4 Å². The van der Waals surface area contributed by atoms with Gasteiger partial charge in [0, 0.05) is 12.1 Å². The number of amides is 1. The number of aromatic nitrogens is 3. The van der Waals surface area contributed by atoms with Crippen molar-refractivity contribution in [1.29, 1.82) is 0 Å². The fourth-order valence-corrected chi connectivity index (χ4v) is 3.70. The number of carbonyl (C=O) groups excluding carboxylic acids is 1. The van der Waals surface area contributed by atoms with Gasteiger partial charge in [-0.25, -0.2) is 13.2 Å². The molecule has 0 spiro atoms. The van der Waals surface area contributed by atoms with Gasteiger partial charge < -0.3 is 14.6 Å². The van der Waals surface area contributed by atoms with Crippen LogP contribution in [0.15, 0.2) is 47.6 Å². The predicted molar refractivity (Wildman–Crippen MR) is 112 cm³/mol. The summed E-state index contributed by atoms with van der Waals surface area (Å²) in [4.78, 5) is 12.2. The van der Waals surface area contributed by atoms with Crippen molar-refractivity contribution in [3.63, 3.8) is 0 Å². The van der Waals surface area contributed by atoms with Crippen LogP contribution in [0.2, 0.25) is 0 Å². The van der Waals surface area contributed by atoms with E-state index in [9.17, 15) is 18.0 Å². The van der Waals surface area contributed by atoms with Crippen LogP contribution in [0, 0.1) is 17.5 Å². The lowest BCUT2D eigenvalue weighted by atomic mass is 10.3. The Bertz CT molecular complexity index is 1060. The molecule has 0 aliphatic heterocycles. The number of ether oxygens (including phenoxy) is 1. The fraction of sp³-hybridized carbons (Fsp3) is 0.286. The highest BCUT2D eigenvalue weighted by atomic mass is 32.2. The number of hydrogen-bond acceptors (Lipinski definition) is 5. The highest BCUT2D eigenvalue weighted by molar-refractivity contribution is 7.99.